The third kappa shape index (κ3) is 2.69. The predicted octanol–water partition coefficient (Wildman–Crippen LogP) is 1.82. The maximum absolute atomic E-state index is 8.80. The maximum Gasteiger partial charge on any atom is 0.101 e. The lowest BCUT2D eigenvalue weighted by Gasteiger charge is -2.30. The Balaban J connectivity index is 2.08. The molecule has 4 nitrogen and oxygen atoms in total. The molecule has 1 aromatic carbocycles. The highest BCUT2D eigenvalue weighted by Gasteiger charge is 2.21. The van der Waals surface area contributed by atoms with Crippen molar-refractivity contribution in [3.63, 3.8) is 0 Å². The van der Waals surface area contributed by atoms with Gasteiger partial charge >= 0.3 is 0 Å². The number of hydrogen-bond donors (Lipinski definition) is 3. The molecule has 90 valence electrons. The summed E-state index contributed by atoms with van der Waals surface area (Å²) >= 11 is 0. The van der Waals surface area contributed by atoms with Gasteiger partial charge in [-0.3, -0.25) is 0 Å². The van der Waals surface area contributed by atoms with Crippen LogP contribution >= 0.6 is 0 Å². The number of hydrogen-bond acceptors (Lipinski definition) is 4. The predicted molar refractivity (Wildman–Crippen MR) is 69.4 cm³/mol. The zero-order valence-corrected chi connectivity index (χ0v) is 9.82. The monoisotopic (exact) mass is 230 g/mol. The molecule has 1 fully saturated rings. The first-order valence-electron chi connectivity index (χ1n) is 6.02. The van der Waals surface area contributed by atoms with Gasteiger partial charge in [-0.15, -0.1) is 0 Å². The molecule has 5 N–H and O–H groups in total. The summed E-state index contributed by atoms with van der Waals surface area (Å²) in [6, 6.07) is 8.01. The van der Waals surface area contributed by atoms with E-state index in [9.17, 15) is 0 Å². The second kappa shape index (κ2) is 5.07. The molecule has 0 radical (unpaired) electrons. The van der Waals surface area contributed by atoms with E-state index in [0.29, 0.717) is 17.3 Å². The van der Waals surface area contributed by atoms with Crippen molar-refractivity contribution in [1.29, 1.82) is 5.26 Å². The quantitative estimate of drug-likeness (QED) is 0.676. The van der Waals surface area contributed by atoms with Crippen molar-refractivity contribution in [2.24, 2.45) is 5.73 Å². The van der Waals surface area contributed by atoms with E-state index >= 15 is 0 Å². The van der Waals surface area contributed by atoms with Crippen LogP contribution in [0.1, 0.15) is 31.2 Å². The molecule has 1 saturated carbocycles. The first-order valence-corrected chi connectivity index (χ1v) is 6.02. The van der Waals surface area contributed by atoms with Crippen LogP contribution in [0, 0.1) is 11.3 Å². The average Bonchev–Trinajstić information content (AvgIpc) is 2.32. The van der Waals surface area contributed by atoms with Crippen LogP contribution < -0.4 is 16.8 Å². The fraction of sp³-hybridized carbons (Fsp3) is 0.462. The fourth-order valence-electron chi connectivity index (χ4n) is 2.31. The summed E-state index contributed by atoms with van der Waals surface area (Å²) in [7, 11) is 0. The molecule has 1 aliphatic rings. The summed E-state index contributed by atoms with van der Waals surface area (Å²) in [5, 5.41) is 12.2. The Morgan fingerprint density at radius 1 is 1.29 bits per heavy atom. The standard InChI is InChI=1S/C13H18N4/c14-8-9-5-6-10(7-12(9)16)17-13-4-2-1-3-11(13)15/h5-7,11,13,17H,1-4,15-16H2/t11-,13+/m0/s1. The van der Waals surface area contributed by atoms with Crippen molar-refractivity contribution in [3.05, 3.63) is 23.8 Å². The highest BCUT2D eigenvalue weighted by Crippen LogP contribution is 2.23. The molecular weight excluding hydrogens is 212 g/mol. The largest absolute Gasteiger partial charge is 0.398 e. The molecule has 4 heteroatoms. The summed E-state index contributed by atoms with van der Waals surface area (Å²) in [4.78, 5) is 0. The molecule has 2 atom stereocenters. The van der Waals surface area contributed by atoms with Gasteiger partial charge in [-0.2, -0.15) is 5.26 Å². The van der Waals surface area contributed by atoms with Crippen LogP contribution in [0.5, 0.6) is 0 Å². The van der Waals surface area contributed by atoms with Crippen molar-refractivity contribution in [3.8, 4) is 6.07 Å². The summed E-state index contributed by atoms with van der Waals surface area (Å²) in [5.41, 5.74) is 13.8. The SMILES string of the molecule is N#Cc1ccc(N[C@@H]2CCCC[C@@H]2N)cc1N. The minimum absolute atomic E-state index is 0.209. The third-order valence-electron chi connectivity index (χ3n) is 3.34. The van der Waals surface area contributed by atoms with Gasteiger partial charge in [0.25, 0.3) is 0 Å². The molecule has 0 unspecified atom stereocenters. The van der Waals surface area contributed by atoms with Crippen molar-refractivity contribution >= 4 is 11.4 Å². The van der Waals surface area contributed by atoms with Gasteiger partial charge in [0.2, 0.25) is 0 Å². The number of nitrogen functional groups attached to an aromatic ring is 1. The molecule has 0 aliphatic heterocycles. The molecule has 0 bridgehead atoms. The Morgan fingerprint density at radius 3 is 2.71 bits per heavy atom. The van der Waals surface area contributed by atoms with E-state index in [0.717, 1.165) is 18.5 Å². The van der Waals surface area contributed by atoms with Crippen LogP contribution in [0.4, 0.5) is 11.4 Å². The molecule has 0 saturated heterocycles. The van der Waals surface area contributed by atoms with Gasteiger partial charge in [0.1, 0.15) is 6.07 Å². The second-order valence-electron chi connectivity index (χ2n) is 4.61. The van der Waals surface area contributed by atoms with E-state index in [1.807, 2.05) is 6.07 Å². The summed E-state index contributed by atoms with van der Waals surface area (Å²) in [6.45, 7) is 0. The maximum atomic E-state index is 8.80. The Labute approximate surface area is 102 Å². The summed E-state index contributed by atoms with van der Waals surface area (Å²) < 4.78 is 0. The van der Waals surface area contributed by atoms with E-state index in [4.69, 9.17) is 16.7 Å². The topological polar surface area (TPSA) is 87.9 Å². The van der Waals surface area contributed by atoms with Gasteiger partial charge in [0, 0.05) is 17.8 Å². The number of nitriles is 1. The fourth-order valence-corrected chi connectivity index (χ4v) is 2.31. The van der Waals surface area contributed by atoms with Crippen molar-refractivity contribution < 1.29 is 0 Å². The molecule has 0 spiro atoms. The Hall–Kier alpha value is -1.73. The number of nitrogens with two attached hydrogens (primary N) is 2. The van der Waals surface area contributed by atoms with Crippen LogP contribution in [0.3, 0.4) is 0 Å². The Kier molecular flexibility index (Phi) is 3.50. The van der Waals surface area contributed by atoms with Crippen molar-refractivity contribution in [2.45, 2.75) is 37.8 Å². The molecule has 1 aromatic rings. The third-order valence-corrected chi connectivity index (χ3v) is 3.34. The normalized spacial score (nSPS) is 24.0. The van der Waals surface area contributed by atoms with Crippen molar-refractivity contribution in [2.75, 3.05) is 11.1 Å². The molecule has 0 heterocycles. The molecule has 0 amide bonds. The molecule has 2 rings (SSSR count). The number of anilines is 2. The molecule has 17 heavy (non-hydrogen) atoms. The minimum atomic E-state index is 0.209. The van der Waals surface area contributed by atoms with Crippen LogP contribution in [0.25, 0.3) is 0 Å². The zero-order chi connectivity index (χ0) is 12.3. The van der Waals surface area contributed by atoms with E-state index in [1.165, 1.54) is 12.8 Å². The Morgan fingerprint density at radius 2 is 2.06 bits per heavy atom. The highest BCUT2D eigenvalue weighted by molar-refractivity contribution is 5.63. The van der Waals surface area contributed by atoms with Gasteiger partial charge in [-0.1, -0.05) is 12.8 Å². The minimum Gasteiger partial charge on any atom is -0.398 e. The van der Waals surface area contributed by atoms with E-state index in [2.05, 4.69) is 11.4 Å². The van der Waals surface area contributed by atoms with Gasteiger partial charge in [0.05, 0.1) is 11.3 Å². The van der Waals surface area contributed by atoms with Crippen LogP contribution in [0.2, 0.25) is 0 Å². The molecular formula is C13H18N4. The van der Waals surface area contributed by atoms with Gasteiger partial charge in [-0.25, -0.2) is 0 Å². The first-order chi connectivity index (χ1) is 8.20. The number of benzene rings is 1. The van der Waals surface area contributed by atoms with E-state index in [-0.39, 0.29) is 6.04 Å². The van der Waals surface area contributed by atoms with Gasteiger partial charge in [-0.05, 0) is 31.0 Å². The van der Waals surface area contributed by atoms with Crippen molar-refractivity contribution in [1.82, 2.24) is 0 Å². The first kappa shape index (κ1) is 11.7. The molecule has 1 aliphatic carbocycles. The molecule has 0 aromatic heterocycles. The summed E-state index contributed by atoms with van der Waals surface area (Å²) in [5.74, 6) is 0. The lowest BCUT2D eigenvalue weighted by atomic mass is 9.91. The van der Waals surface area contributed by atoms with Gasteiger partial charge in [0.15, 0.2) is 0 Å². The smallest absolute Gasteiger partial charge is 0.101 e. The number of nitrogens with one attached hydrogen (secondary N) is 1. The van der Waals surface area contributed by atoms with Gasteiger partial charge < -0.3 is 16.8 Å². The van der Waals surface area contributed by atoms with Crippen LogP contribution in [0.15, 0.2) is 18.2 Å². The van der Waals surface area contributed by atoms with Crippen LogP contribution in [-0.2, 0) is 0 Å². The second-order valence-corrected chi connectivity index (χ2v) is 4.61. The number of rotatable bonds is 2. The average molecular weight is 230 g/mol. The summed E-state index contributed by atoms with van der Waals surface area (Å²) in [6.07, 6.45) is 4.61. The Bertz CT molecular complexity index is 436. The highest BCUT2D eigenvalue weighted by atomic mass is 15.0. The zero-order valence-electron chi connectivity index (χ0n) is 9.82. The number of nitrogens with zero attached hydrogens (tertiary/aromatic N) is 1. The lowest BCUT2D eigenvalue weighted by molar-refractivity contribution is 0.404. The van der Waals surface area contributed by atoms with Crippen LogP contribution in [-0.4, -0.2) is 12.1 Å². The lowest BCUT2D eigenvalue weighted by Crippen LogP contribution is -2.42. The van der Waals surface area contributed by atoms with E-state index in [1.54, 1.807) is 12.1 Å². The van der Waals surface area contributed by atoms with E-state index < -0.39 is 0 Å².